The van der Waals surface area contributed by atoms with Crippen LogP contribution in [0.2, 0.25) is 0 Å². The number of carbonyl (C=O) groups is 1. The maximum Gasteiger partial charge on any atom is 0.253 e. The Balaban J connectivity index is 0.00000324. The molecule has 0 unspecified atom stereocenters. The van der Waals surface area contributed by atoms with Gasteiger partial charge in [0, 0.05) is 12.2 Å². The summed E-state index contributed by atoms with van der Waals surface area (Å²) in [6.45, 7) is 7.41. The molecular formula is C15H25ClN2O. The van der Waals surface area contributed by atoms with Crippen molar-refractivity contribution in [1.82, 2.24) is 5.32 Å². The molecule has 1 aromatic rings. The molecule has 0 aliphatic carbocycles. The van der Waals surface area contributed by atoms with E-state index in [1.807, 2.05) is 12.1 Å². The molecule has 0 bridgehead atoms. The molecule has 3 N–H and O–H groups in total. The molecule has 0 saturated carbocycles. The fourth-order valence-electron chi connectivity index (χ4n) is 1.78. The van der Waals surface area contributed by atoms with E-state index in [0.29, 0.717) is 23.2 Å². The van der Waals surface area contributed by atoms with Crippen molar-refractivity contribution in [2.45, 2.75) is 40.0 Å². The van der Waals surface area contributed by atoms with Gasteiger partial charge in [0.05, 0.1) is 5.56 Å². The third-order valence-corrected chi connectivity index (χ3v) is 2.84. The molecule has 0 aromatic heterocycles. The first-order valence-corrected chi connectivity index (χ1v) is 6.53. The van der Waals surface area contributed by atoms with Crippen molar-refractivity contribution in [3.05, 3.63) is 29.8 Å². The van der Waals surface area contributed by atoms with Gasteiger partial charge in [0.1, 0.15) is 0 Å². The molecule has 1 aromatic carbocycles. The van der Waals surface area contributed by atoms with Crippen LogP contribution in [0.15, 0.2) is 24.3 Å². The minimum Gasteiger partial charge on any atom is -0.398 e. The van der Waals surface area contributed by atoms with Gasteiger partial charge in [-0.2, -0.15) is 0 Å². The van der Waals surface area contributed by atoms with Gasteiger partial charge >= 0.3 is 0 Å². The van der Waals surface area contributed by atoms with E-state index >= 15 is 0 Å². The minimum absolute atomic E-state index is 0. The van der Waals surface area contributed by atoms with Gasteiger partial charge in [0.25, 0.3) is 5.91 Å². The molecule has 19 heavy (non-hydrogen) atoms. The van der Waals surface area contributed by atoms with E-state index in [1.54, 1.807) is 12.1 Å². The summed E-state index contributed by atoms with van der Waals surface area (Å²) in [5, 5.41) is 2.91. The molecule has 0 radical (unpaired) electrons. The van der Waals surface area contributed by atoms with Crippen LogP contribution < -0.4 is 11.1 Å². The number of hydrogen-bond acceptors (Lipinski definition) is 2. The van der Waals surface area contributed by atoms with Crippen molar-refractivity contribution in [3.63, 3.8) is 0 Å². The van der Waals surface area contributed by atoms with Gasteiger partial charge in [-0.15, -0.1) is 12.4 Å². The third kappa shape index (κ3) is 7.06. The second-order valence-corrected chi connectivity index (χ2v) is 5.86. The molecule has 108 valence electrons. The first-order chi connectivity index (χ1) is 8.40. The predicted octanol–water partition coefficient (Wildman–Crippen LogP) is 3.64. The van der Waals surface area contributed by atoms with E-state index in [1.165, 1.54) is 6.42 Å². The number of amides is 1. The van der Waals surface area contributed by atoms with Gasteiger partial charge in [0.2, 0.25) is 0 Å². The van der Waals surface area contributed by atoms with Gasteiger partial charge < -0.3 is 11.1 Å². The Morgan fingerprint density at radius 2 is 1.84 bits per heavy atom. The molecule has 0 spiro atoms. The maximum absolute atomic E-state index is 11.8. The Kier molecular flexibility index (Phi) is 7.53. The maximum atomic E-state index is 11.8. The number of para-hydroxylation sites is 1. The van der Waals surface area contributed by atoms with Gasteiger partial charge in [-0.1, -0.05) is 39.3 Å². The van der Waals surface area contributed by atoms with Crippen LogP contribution in [-0.2, 0) is 0 Å². The number of nitrogen functional groups attached to an aromatic ring is 1. The van der Waals surface area contributed by atoms with Crippen LogP contribution in [0.4, 0.5) is 5.69 Å². The zero-order chi connectivity index (χ0) is 13.6. The van der Waals surface area contributed by atoms with E-state index in [-0.39, 0.29) is 18.3 Å². The number of rotatable bonds is 5. The lowest BCUT2D eigenvalue weighted by atomic mass is 9.90. The number of halogens is 1. The van der Waals surface area contributed by atoms with E-state index in [0.717, 1.165) is 12.8 Å². The van der Waals surface area contributed by atoms with E-state index in [2.05, 4.69) is 26.1 Å². The van der Waals surface area contributed by atoms with Crippen LogP contribution >= 0.6 is 12.4 Å². The van der Waals surface area contributed by atoms with Crippen molar-refractivity contribution in [2.24, 2.45) is 5.41 Å². The molecule has 4 heteroatoms. The summed E-state index contributed by atoms with van der Waals surface area (Å²) in [7, 11) is 0. The molecule has 1 rings (SSSR count). The summed E-state index contributed by atoms with van der Waals surface area (Å²) in [6, 6.07) is 7.15. The minimum atomic E-state index is -0.0798. The molecule has 0 aliphatic rings. The number of unbranched alkanes of at least 4 members (excludes halogenated alkanes) is 1. The highest BCUT2D eigenvalue weighted by atomic mass is 35.5. The van der Waals surface area contributed by atoms with Crippen molar-refractivity contribution in [2.75, 3.05) is 12.3 Å². The predicted molar refractivity (Wildman–Crippen MR) is 83.7 cm³/mol. The lowest BCUT2D eigenvalue weighted by molar-refractivity contribution is 0.0953. The average Bonchev–Trinajstić information content (AvgIpc) is 2.27. The van der Waals surface area contributed by atoms with Crippen LogP contribution in [0.5, 0.6) is 0 Å². The van der Waals surface area contributed by atoms with Crippen molar-refractivity contribution < 1.29 is 4.79 Å². The number of anilines is 1. The molecule has 0 saturated heterocycles. The van der Waals surface area contributed by atoms with Crippen LogP contribution in [-0.4, -0.2) is 12.5 Å². The van der Waals surface area contributed by atoms with Gasteiger partial charge in [-0.05, 0) is 30.4 Å². The van der Waals surface area contributed by atoms with Gasteiger partial charge in [0.15, 0.2) is 0 Å². The lowest BCUT2D eigenvalue weighted by Crippen LogP contribution is -2.25. The van der Waals surface area contributed by atoms with Crippen molar-refractivity contribution in [3.8, 4) is 0 Å². The standard InChI is InChI=1S/C15H24N2O.ClH/c1-15(2,3)10-6-7-11-17-14(18)12-8-4-5-9-13(12)16;/h4-5,8-9H,6-7,10-11,16H2,1-3H3,(H,17,18);1H. The third-order valence-electron chi connectivity index (χ3n) is 2.84. The molecule has 0 atom stereocenters. The van der Waals surface area contributed by atoms with Gasteiger partial charge in [-0.25, -0.2) is 0 Å². The highest BCUT2D eigenvalue weighted by molar-refractivity contribution is 5.98. The van der Waals surface area contributed by atoms with Crippen LogP contribution in [0.1, 0.15) is 50.4 Å². The van der Waals surface area contributed by atoms with E-state index < -0.39 is 0 Å². The SMILES string of the molecule is CC(C)(C)CCCCNC(=O)c1ccccc1N.Cl. The molecule has 0 aliphatic heterocycles. The van der Waals surface area contributed by atoms with Crippen molar-refractivity contribution >= 4 is 24.0 Å². The highest BCUT2D eigenvalue weighted by Crippen LogP contribution is 2.21. The Labute approximate surface area is 122 Å². The fraction of sp³-hybridized carbons (Fsp3) is 0.533. The largest absolute Gasteiger partial charge is 0.398 e. The van der Waals surface area contributed by atoms with Gasteiger partial charge in [-0.3, -0.25) is 4.79 Å². The summed E-state index contributed by atoms with van der Waals surface area (Å²) < 4.78 is 0. The Morgan fingerprint density at radius 3 is 2.42 bits per heavy atom. The van der Waals surface area contributed by atoms with Crippen LogP contribution in [0, 0.1) is 5.41 Å². The normalized spacial score (nSPS) is 10.7. The number of nitrogens with one attached hydrogen (secondary N) is 1. The first-order valence-electron chi connectivity index (χ1n) is 6.53. The molecule has 0 fully saturated rings. The molecular weight excluding hydrogens is 260 g/mol. The van der Waals surface area contributed by atoms with E-state index in [4.69, 9.17) is 5.73 Å². The topological polar surface area (TPSA) is 55.1 Å². The summed E-state index contributed by atoms with van der Waals surface area (Å²) in [4.78, 5) is 11.8. The zero-order valence-corrected chi connectivity index (χ0v) is 12.8. The smallest absolute Gasteiger partial charge is 0.253 e. The second-order valence-electron chi connectivity index (χ2n) is 5.86. The van der Waals surface area contributed by atoms with E-state index in [9.17, 15) is 4.79 Å². The number of nitrogens with two attached hydrogens (primary N) is 1. The second kappa shape index (κ2) is 8.05. The summed E-state index contributed by atoms with van der Waals surface area (Å²) >= 11 is 0. The number of carbonyl (C=O) groups excluding carboxylic acids is 1. The Hall–Kier alpha value is -1.22. The quantitative estimate of drug-likeness (QED) is 0.641. The number of benzene rings is 1. The monoisotopic (exact) mass is 284 g/mol. The molecule has 0 heterocycles. The van der Waals surface area contributed by atoms with Crippen molar-refractivity contribution in [1.29, 1.82) is 0 Å². The zero-order valence-electron chi connectivity index (χ0n) is 12.0. The van der Waals surface area contributed by atoms with Crippen LogP contribution in [0.3, 0.4) is 0 Å². The number of hydrogen-bond donors (Lipinski definition) is 2. The first kappa shape index (κ1) is 17.8. The summed E-state index contributed by atoms with van der Waals surface area (Å²) in [5.74, 6) is -0.0798. The fourth-order valence-corrected chi connectivity index (χ4v) is 1.78. The summed E-state index contributed by atoms with van der Waals surface area (Å²) in [5.41, 5.74) is 7.21. The molecule has 1 amide bonds. The average molecular weight is 285 g/mol. The molecule has 3 nitrogen and oxygen atoms in total. The van der Waals surface area contributed by atoms with Crippen LogP contribution in [0.25, 0.3) is 0 Å². The Morgan fingerprint density at radius 1 is 1.21 bits per heavy atom. The Bertz CT molecular complexity index is 399. The lowest BCUT2D eigenvalue weighted by Gasteiger charge is -2.17. The highest BCUT2D eigenvalue weighted by Gasteiger charge is 2.10. The summed E-state index contributed by atoms with van der Waals surface area (Å²) in [6.07, 6.45) is 3.32.